The van der Waals surface area contributed by atoms with Crippen LogP contribution in [0.4, 0.5) is 0 Å². The lowest BCUT2D eigenvalue weighted by Gasteiger charge is -2.26. The Labute approximate surface area is 148 Å². The van der Waals surface area contributed by atoms with Crippen molar-refractivity contribution in [2.45, 2.75) is 55.4 Å². The Morgan fingerprint density at radius 2 is 1.79 bits per heavy atom. The van der Waals surface area contributed by atoms with Gasteiger partial charge in [-0.3, -0.25) is 9.59 Å². The Hall–Kier alpha value is -1.14. The number of hydrogen-bond acceptors (Lipinski definition) is 5. The van der Waals surface area contributed by atoms with E-state index in [9.17, 15) is 18.0 Å². The minimum absolute atomic E-state index is 0.0459. The van der Waals surface area contributed by atoms with Crippen LogP contribution in [0.1, 0.15) is 40.5 Å². The third-order valence-electron chi connectivity index (χ3n) is 4.26. The highest BCUT2D eigenvalue weighted by atomic mass is 32.2. The van der Waals surface area contributed by atoms with Gasteiger partial charge in [0.05, 0.1) is 4.90 Å². The van der Waals surface area contributed by atoms with Crippen molar-refractivity contribution in [3.63, 3.8) is 0 Å². The lowest BCUT2D eigenvalue weighted by atomic mass is 9.93. The molecular weight excluding hydrogens is 344 g/mol. The lowest BCUT2D eigenvalue weighted by molar-refractivity contribution is -0.117. The first-order valence-corrected chi connectivity index (χ1v) is 10.4. The van der Waals surface area contributed by atoms with Crippen molar-refractivity contribution >= 4 is 32.5 Å². The molecule has 0 amide bonds. The molecule has 132 valence electrons. The van der Waals surface area contributed by atoms with Crippen LogP contribution in [0.5, 0.6) is 0 Å². The Balaban J connectivity index is 2.31. The predicted molar refractivity (Wildman–Crippen MR) is 96.7 cm³/mol. The second kappa shape index (κ2) is 7.00. The number of rotatable bonds is 4. The van der Waals surface area contributed by atoms with Gasteiger partial charge in [0.1, 0.15) is 5.25 Å². The van der Waals surface area contributed by atoms with Crippen LogP contribution in [0.2, 0.25) is 0 Å². The molecular formula is C18H24O4S2. The average Bonchev–Trinajstić information content (AvgIpc) is 2.88. The molecule has 24 heavy (non-hydrogen) atoms. The van der Waals surface area contributed by atoms with E-state index in [0.29, 0.717) is 6.42 Å². The normalized spacial score (nSPS) is 23.2. The number of Topliss-reactive ketones (excluding diaryl/α,β-unsaturated/α-hetero) is 1. The molecule has 0 saturated heterocycles. The molecule has 1 saturated carbocycles. The third-order valence-corrected chi connectivity index (χ3v) is 7.65. The second-order valence-electron chi connectivity index (χ2n) is 7.27. The number of carbonyl (C=O) groups excluding carboxylic acids is 2. The van der Waals surface area contributed by atoms with Crippen molar-refractivity contribution in [3.05, 3.63) is 30.3 Å². The van der Waals surface area contributed by atoms with Crippen LogP contribution in [0, 0.1) is 11.8 Å². The summed E-state index contributed by atoms with van der Waals surface area (Å²) in [4.78, 5) is 25.0. The predicted octanol–water partition coefficient (Wildman–Crippen LogP) is 3.50. The summed E-state index contributed by atoms with van der Waals surface area (Å²) in [5.74, 6) is -1.20. The molecule has 3 atom stereocenters. The summed E-state index contributed by atoms with van der Waals surface area (Å²) in [6, 6.07) is 8.04. The Bertz CT molecular complexity index is 717. The Morgan fingerprint density at radius 1 is 1.21 bits per heavy atom. The fourth-order valence-electron chi connectivity index (χ4n) is 3.08. The zero-order valence-corrected chi connectivity index (χ0v) is 16.1. The average molecular weight is 369 g/mol. The van der Waals surface area contributed by atoms with Crippen molar-refractivity contribution in [3.8, 4) is 0 Å². The molecule has 4 nitrogen and oxygen atoms in total. The van der Waals surface area contributed by atoms with Crippen molar-refractivity contribution < 1.29 is 18.0 Å². The van der Waals surface area contributed by atoms with Crippen molar-refractivity contribution in [2.75, 3.05) is 0 Å². The van der Waals surface area contributed by atoms with E-state index in [2.05, 4.69) is 0 Å². The fraction of sp³-hybridized carbons (Fsp3) is 0.556. The summed E-state index contributed by atoms with van der Waals surface area (Å²) in [5, 5.41) is -1.16. The fourth-order valence-corrected chi connectivity index (χ4v) is 6.17. The molecule has 1 aliphatic rings. The lowest BCUT2D eigenvalue weighted by Crippen LogP contribution is -2.37. The molecule has 0 bridgehead atoms. The SMILES string of the molecule is C[C@@H](C(=O)SC(C)(C)C)[C@H]1CCC(=O)C1S(=O)(=O)c1ccccc1. The molecule has 0 heterocycles. The maximum Gasteiger partial charge on any atom is 0.192 e. The molecule has 0 radical (unpaired) electrons. The Kier molecular flexibility index (Phi) is 5.60. The smallest absolute Gasteiger partial charge is 0.192 e. The van der Waals surface area contributed by atoms with Gasteiger partial charge >= 0.3 is 0 Å². The molecule has 1 aromatic rings. The standard InChI is InChI=1S/C18H24O4S2/c1-12(17(20)23-18(2,3)4)14-10-11-15(19)16(14)24(21,22)13-8-6-5-7-9-13/h5-9,12,14,16H,10-11H2,1-4H3/t12-,14-,16?/m1/s1. The molecule has 0 N–H and O–H groups in total. The first-order valence-electron chi connectivity index (χ1n) is 8.08. The number of ketones is 1. The maximum absolute atomic E-state index is 12.9. The van der Waals surface area contributed by atoms with Crippen LogP contribution < -0.4 is 0 Å². The molecule has 0 spiro atoms. The number of carbonyl (C=O) groups is 2. The van der Waals surface area contributed by atoms with Crippen molar-refractivity contribution in [1.82, 2.24) is 0 Å². The number of benzene rings is 1. The van der Waals surface area contributed by atoms with Gasteiger partial charge < -0.3 is 0 Å². The van der Waals surface area contributed by atoms with Gasteiger partial charge in [-0.25, -0.2) is 8.42 Å². The zero-order valence-electron chi connectivity index (χ0n) is 14.5. The first-order chi connectivity index (χ1) is 11.0. The summed E-state index contributed by atoms with van der Waals surface area (Å²) in [5.41, 5.74) is 0. The zero-order chi connectivity index (χ0) is 18.1. The minimum Gasteiger partial charge on any atom is -0.298 e. The third kappa shape index (κ3) is 4.09. The molecule has 1 fully saturated rings. The van der Waals surface area contributed by atoms with Crippen LogP contribution in [0.3, 0.4) is 0 Å². The highest BCUT2D eigenvalue weighted by Crippen LogP contribution is 2.40. The van der Waals surface area contributed by atoms with E-state index >= 15 is 0 Å². The highest BCUT2D eigenvalue weighted by molar-refractivity contribution is 8.14. The highest BCUT2D eigenvalue weighted by Gasteiger charge is 2.48. The molecule has 1 unspecified atom stereocenters. The van der Waals surface area contributed by atoms with E-state index in [1.165, 1.54) is 23.9 Å². The van der Waals surface area contributed by atoms with Gasteiger partial charge in [-0.05, 0) is 24.5 Å². The second-order valence-corrected chi connectivity index (χ2v) is 11.2. The summed E-state index contributed by atoms with van der Waals surface area (Å²) >= 11 is 1.22. The number of sulfone groups is 1. The van der Waals surface area contributed by atoms with Crippen LogP contribution in [-0.4, -0.2) is 29.3 Å². The maximum atomic E-state index is 12.9. The number of thioether (sulfide) groups is 1. The van der Waals surface area contributed by atoms with Crippen LogP contribution in [0.25, 0.3) is 0 Å². The van der Waals surface area contributed by atoms with Gasteiger partial charge in [0.25, 0.3) is 0 Å². The van der Waals surface area contributed by atoms with Gasteiger partial charge in [-0.2, -0.15) is 0 Å². The van der Waals surface area contributed by atoms with Gasteiger partial charge in [-0.15, -0.1) is 0 Å². The van der Waals surface area contributed by atoms with E-state index in [-0.39, 0.29) is 27.0 Å². The Morgan fingerprint density at radius 3 is 2.33 bits per heavy atom. The van der Waals surface area contributed by atoms with Gasteiger partial charge in [-0.1, -0.05) is 57.7 Å². The summed E-state index contributed by atoms with van der Waals surface area (Å²) < 4.78 is 25.6. The van der Waals surface area contributed by atoms with Gasteiger partial charge in [0, 0.05) is 17.1 Å². The van der Waals surface area contributed by atoms with Gasteiger partial charge in [0.15, 0.2) is 20.7 Å². The van der Waals surface area contributed by atoms with E-state index < -0.39 is 26.9 Å². The van der Waals surface area contributed by atoms with E-state index in [0.717, 1.165) is 0 Å². The molecule has 1 aliphatic carbocycles. The molecule has 0 aliphatic heterocycles. The summed E-state index contributed by atoms with van der Waals surface area (Å²) in [6.45, 7) is 7.58. The summed E-state index contributed by atoms with van der Waals surface area (Å²) in [6.07, 6.45) is 0.673. The quantitative estimate of drug-likeness (QED) is 0.813. The molecule has 1 aromatic carbocycles. The number of hydrogen-bond donors (Lipinski definition) is 0. The van der Waals surface area contributed by atoms with Crippen molar-refractivity contribution in [1.29, 1.82) is 0 Å². The van der Waals surface area contributed by atoms with Gasteiger partial charge in [0.2, 0.25) is 0 Å². The molecule has 0 aromatic heterocycles. The monoisotopic (exact) mass is 368 g/mol. The van der Waals surface area contributed by atoms with Crippen molar-refractivity contribution in [2.24, 2.45) is 11.8 Å². The van der Waals surface area contributed by atoms with E-state index in [1.54, 1.807) is 25.1 Å². The summed E-state index contributed by atoms with van der Waals surface area (Å²) in [7, 11) is -3.77. The molecule has 2 rings (SSSR count). The largest absolute Gasteiger partial charge is 0.298 e. The van der Waals surface area contributed by atoms with Crippen LogP contribution >= 0.6 is 11.8 Å². The molecule has 6 heteroatoms. The van der Waals surface area contributed by atoms with E-state index in [4.69, 9.17) is 0 Å². The van der Waals surface area contributed by atoms with E-state index in [1.807, 2.05) is 20.8 Å². The topological polar surface area (TPSA) is 68.3 Å². The van der Waals surface area contributed by atoms with Crippen LogP contribution in [0.15, 0.2) is 35.2 Å². The first kappa shape index (κ1) is 19.2. The minimum atomic E-state index is -3.77. The van der Waals surface area contributed by atoms with Crippen LogP contribution in [-0.2, 0) is 19.4 Å².